The zero-order valence-corrected chi connectivity index (χ0v) is 13.5. The van der Waals surface area contributed by atoms with Gasteiger partial charge in [0.2, 0.25) is 5.91 Å². The van der Waals surface area contributed by atoms with Crippen LogP contribution in [0, 0.1) is 0 Å². The Kier molecular flexibility index (Phi) is 7.40. The molecule has 1 amide bonds. The molecule has 0 aliphatic carbocycles. The van der Waals surface area contributed by atoms with Crippen LogP contribution in [0.5, 0.6) is 0 Å². The monoisotopic (exact) mass is 305 g/mol. The molecule has 1 aromatic rings. The largest absolute Gasteiger partial charge is 0.378 e. The van der Waals surface area contributed by atoms with Gasteiger partial charge in [0.25, 0.3) is 0 Å². The first kappa shape index (κ1) is 17.0. The fourth-order valence-electron chi connectivity index (χ4n) is 2.67. The van der Waals surface area contributed by atoms with Crippen LogP contribution in [0.1, 0.15) is 38.2 Å². The fourth-order valence-corrected chi connectivity index (χ4v) is 2.67. The zero-order chi connectivity index (χ0) is 15.6. The first-order valence-electron chi connectivity index (χ1n) is 8.30. The highest BCUT2D eigenvalue weighted by Crippen LogP contribution is 2.12. The highest BCUT2D eigenvalue weighted by Gasteiger charge is 2.16. The normalized spacial score (nSPS) is 17.6. The molecule has 0 bridgehead atoms. The SMILES string of the molecule is CCCN(Cc1ccccc1)C(=O)CCOC[C@H]1CCCO1. The molecule has 0 radical (unpaired) electrons. The van der Waals surface area contributed by atoms with Crippen LogP contribution in [0.15, 0.2) is 30.3 Å². The summed E-state index contributed by atoms with van der Waals surface area (Å²) in [6.07, 6.45) is 3.83. The Bertz CT molecular complexity index is 429. The van der Waals surface area contributed by atoms with Crippen molar-refractivity contribution in [3.63, 3.8) is 0 Å². The molecule has 1 atom stereocenters. The average Bonchev–Trinajstić information content (AvgIpc) is 3.05. The third-order valence-corrected chi connectivity index (χ3v) is 3.85. The molecule has 1 fully saturated rings. The van der Waals surface area contributed by atoms with Crippen molar-refractivity contribution in [2.75, 3.05) is 26.4 Å². The Morgan fingerprint density at radius 2 is 2.18 bits per heavy atom. The lowest BCUT2D eigenvalue weighted by atomic mass is 10.2. The molecule has 1 aromatic carbocycles. The van der Waals surface area contributed by atoms with E-state index in [1.165, 1.54) is 5.56 Å². The van der Waals surface area contributed by atoms with Crippen molar-refractivity contribution in [3.05, 3.63) is 35.9 Å². The lowest BCUT2D eigenvalue weighted by Crippen LogP contribution is -2.32. The summed E-state index contributed by atoms with van der Waals surface area (Å²) in [4.78, 5) is 14.3. The van der Waals surface area contributed by atoms with Gasteiger partial charge in [-0.1, -0.05) is 37.3 Å². The second kappa shape index (κ2) is 9.59. The topological polar surface area (TPSA) is 38.8 Å². The number of hydrogen-bond acceptors (Lipinski definition) is 3. The smallest absolute Gasteiger partial charge is 0.225 e. The van der Waals surface area contributed by atoms with Crippen molar-refractivity contribution in [2.24, 2.45) is 0 Å². The van der Waals surface area contributed by atoms with Gasteiger partial charge in [-0.3, -0.25) is 4.79 Å². The van der Waals surface area contributed by atoms with E-state index in [1.807, 2.05) is 23.1 Å². The maximum absolute atomic E-state index is 12.3. The van der Waals surface area contributed by atoms with E-state index in [4.69, 9.17) is 9.47 Å². The summed E-state index contributed by atoms with van der Waals surface area (Å²) in [5, 5.41) is 0. The van der Waals surface area contributed by atoms with Gasteiger partial charge >= 0.3 is 0 Å². The van der Waals surface area contributed by atoms with E-state index < -0.39 is 0 Å². The Balaban J connectivity index is 1.71. The molecule has 0 spiro atoms. The molecule has 1 saturated heterocycles. The fraction of sp³-hybridized carbons (Fsp3) is 0.611. The highest BCUT2D eigenvalue weighted by atomic mass is 16.5. The molecule has 4 heteroatoms. The van der Waals surface area contributed by atoms with Gasteiger partial charge < -0.3 is 14.4 Å². The van der Waals surface area contributed by atoms with E-state index in [1.54, 1.807) is 0 Å². The highest BCUT2D eigenvalue weighted by molar-refractivity contribution is 5.76. The van der Waals surface area contributed by atoms with E-state index in [-0.39, 0.29) is 12.0 Å². The average molecular weight is 305 g/mol. The molecule has 4 nitrogen and oxygen atoms in total. The lowest BCUT2D eigenvalue weighted by molar-refractivity contribution is -0.133. The number of benzene rings is 1. The zero-order valence-electron chi connectivity index (χ0n) is 13.5. The molecule has 1 aliphatic rings. The van der Waals surface area contributed by atoms with Crippen LogP contribution in [0.25, 0.3) is 0 Å². The van der Waals surface area contributed by atoms with Gasteiger partial charge in [-0.15, -0.1) is 0 Å². The standard InChI is InChI=1S/C18H27NO3/c1-2-11-19(14-16-7-4-3-5-8-16)18(20)10-13-21-15-17-9-6-12-22-17/h3-5,7-8,17H,2,6,9-15H2,1H3/t17-/m1/s1. The number of amides is 1. The maximum atomic E-state index is 12.3. The number of carbonyl (C=O) groups is 1. The summed E-state index contributed by atoms with van der Waals surface area (Å²) in [6.45, 7) is 5.50. The first-order valence-corrected chi connectivity index (χ1v) is 8.30. The lowest BCUT2D eigenvalue weighted by Gasteiger charge is -2.22. The van der Waals surface area contributed by atoms with Crippen LogP contribution < -0.4 is 0 Å². The van der Waals surface area contributed by atoms with Crippen LogP contribution in [-0.4, -0.2) is 43.3 Å². The first-order chi connectivity index (χ1) is 10.8. The van der Waals surface area contributed by atoms with Gasteiger partial charge in [0.05, 0.1) is 25.7 Å². The minimum Gasteiger partial charge on any atom is -0.378 e. The Morgan fingerprint density at radius 3 is 2.86 bits per heavy atom. The number of hydrogen-bond donors (Lipinski definition) is 0. The molecule has 122 valence electrons. The Morgan fingerprint density at radius 1 is 1.36 bits per heavy atom. The predicted molar refractivity (Wildman–Crippen MR) is 86.6 cm³/mol. The summed E-state index contributed by atoms with van der Waals surface area (Å²) < 4.78 is 11.1. The predicted octanol–water partition coefficient (Wildman–Crippen LogP) is 3.01. The van der Waals surface area contributed by atoms with Crippen molar-refractivity contribution in [3.8, 4) is 0 Å². The molecular formula is C18H27NO3. The number of carbonyl (C=O) groups excluding carboxylic acids is 1. The molecule has 2 rings (SSSR count). The van der Waals surface area contributed by atoms with Crippen LogP contribution >= 0.6 is 0 Å². The van der Waals surface area contributed by atoms with Crippen molar-refractivity contribution in [2.45, 2.75) is 45.3 Å². The van der Waals surface area contributed by atoms with Crippen molar-refractivity contribution >= 4 is 5.91 Å². The van der Waals surface area contributed by atoms with Crippen molar-refractivity contribution in [1.82, 2.24) is 4.90 Å². The van der Waals surface area contributed by atoms with Crippen LogP contribution in [0.2, 0.25) is 0 Å². The summed E-state index contributed by atoms with van der Waals surface area (Å²) in [5.41, 5.74) is 1.17. The molecule has 1 aliphatic heterocycles. The Labute approximate surface area is 133 Å². The number of ether oxygens (including phenoxy) is 2. The van der Waals surface area contributed by atoms with Crippen LogP contribution in [0.3, 0.4) is 0 Å². The van der Waals surface area contributed by atoms with E-state index >= 15 is 0 Å². The van der Waals surface area contributed by atoms with Crippen LogP contribution in [0.4, 0.5) is 0 Å². The van der Waals surface area contributed by atoms with Gasteiger partial charge in [-0.25, -0.2) is 0 Å². The summed E-state index contributed by atoms with van der Waals surface area (Å²) in [7, 11) is 0. The summed E-state index contributed by atoms with van der Waals surface area (Å²) >= 11 is 0. The van der Waals surface area contributed by atoms with Gasteiger partial charge in [-0.2, -0.15) is 0 Å². The van der Waals surface area contributed by atoms with Crippen molar-refractivity contribution in [1.29, 1.82) is 0 Å². The van der Waals surface area contributed by atoms with Crippen molar-refractivity contribution < 1.29 is 14.3 Å². The molecule has 0 N–H and O–H groups in total. The van der Waals surface area contributed by atoms with Gasteiger partial charge in [-0.05, 0) is 24.8 Å². The summed E-state index contributed by atoms with van der Waals surface area (Å²) in [6, 6.07) is 10.1. The quantitative estimate of drug-likeness (QED) is 0.658. The van der Waals surface area contributed by atoms with Crippen LogP contribution in [-0.2, 0) is 20.8 Å². The second-order valence-corrected chi connectivity index (χ2v) is 5.76. The van der Waals surface area contributed by atoms with Gasteiger partial charge in [0, 0.05) is 19.7 Å². The molecule has 0 unspecified atom stereocenters. The third-order valence-electron chi connectivity index (χ3n) is 3.85. The molecular weight excluding hydrogens is 278 g/mol. The van der Waals surface area contributed by atoms with Gasteiger partial charge in [0.1, 0.15) is 0 Å². The molecule has 22 heavy (non-hydrogen) atoms. The second-order valence-electron chi connectivity index (χ2n) is 5.76. The van der Waals surface area contributed by atoms with E-state index in [0.717, 1.165) is 32.4 Å². The van der Waals surface area contributed by atoms with Gasteiger partial charge in [0.15, 0.2) is 0 Å². The molecule has 0 saturated carbocycles. The molecule has 0 aromatic heterocycles. The summed E-state index contributed by atoms with van der Waals surface area (Å²) in [5.74, 6) is 0.165. The maximum Gasteiger partial charge on any atom is 0.225 e. The number of nitrogens with zero attached hydrogens (tertiary/aromatic N) is 1. The van der Waals surface area contributed by atoms with E-state index in [0.29, 0.717) is 26.2 Å². The Hall–Kier alpha value is -1.39. The molecule has 1 heterocycles. The minimum atomic E-state index is 0.165. The van der Waals surface area contributed by atoms with E-state index in [2.05, 4.69) is 19.1 Å². The minimum absolute atomic E-state index is 0.165. The van der Waals surface area contributed by atoms with E-state index in [9.17, 15) is 4.79 Å². The number of rotatable bonds is 9. The third kappa shape index (κ3) is 5.78.